The standard InChI is InChI=1S/C10H11FN4/c11-9-2-1-3-10(15-9)12-5-4-8-6-13-14-7-8/h1-3,6-7H,4-5H2,(H,12,15)(H,13,14). The predicted octanol–water partition coefficient (Wildman–Crippen LogP) is 1.60. The van der Waals surface area contributed by atoms with Crippen molar-refractivity contribution in [2.24, 2.45) is 0 Å². The van der Waals surface area contributed by atoms with Crippen LogP contribution in [0.15, 0.2) is 30.6 Å². The van der Waals surface area contributed by atoms with Gasteiger partial charge in [0.15, 0.2) is 0 Å². The third-order valence-electron chi connectivity index (χ3n) is 1.99. The van der Waals surface area contributed by atoms with E-state index in [-0.39, 0.29) is 0 Å². The van der Waals surface area contributed by atoms with Gasteiger partial charge in [0, 0.05) is 12.7 Å². The Labute approximate surface area is 86.6 Å². The van der Waals surface area contributed by atoms with Gasteiger partial charge in [-0.1, -0.05) is 6.07 Å². The molecule has 2 N–H and O–H groups in total. The maximum Gasteiger partial charge on any atom is 0.214 e. The van der Waals surface area contributed by atoms with E-state index in [1.807, 2.05) is 6.20 Å². The van der Waals surface area contributed by atoms with Gasteiger partial charge < -0.3 is 5.32 Å². The van der Waals surface area contributed by atoms with Gasteiger partial charge in [-0.05, 0) is 24.1 Å². The molecule has 0 bridgehead atoms. The van der Waals surface area contributed by atoms with Gasteiger partial charge in [-0.3, -0.25) is 5.10 Å². The van der Waals surface area contributed by atoms with Crippen LogP contribution >= 0.6 is 0 Å². The Hall–Kier alpha value is -1.91. The summed E-state index contributed by atoms with van der Waals surface area (Å²) in [5.74, 6) is 0.0850. The molecule has 0 saturated carbocycles. The third-order valence-corrected chi connectivity index (χ3v) is 1.99. The fourth-order valence-electron chi connectivity index (χ4n) is 1.26. The summed E-state index contributed by atoms with van der Waals surface area (Å²) >= 11 is 0. The molecule has 0 atom stereocenters. The average Bonchev–Trinajstić information content (AvgIpc) is 2.71. The normalized spacial score (nSPS) is 10.2. The first kappa shape index (κ1) is 9.64. The Morgan fingerprint density at radius 2 is 2.33 bits per heavy atom. The molecule has 0 amide bonds. The van der Waals surface area contributed by atoms with Crippen LogP contribution in [0.1, 0.15) is 5.56 Å². The van der Waals surface area contributed by atoms with Crippen molar-refractivity contribution in [3.8, 4) is 0 Å². The lowest BCUT2D eigenvalue weighted by molar-refractivity contribution is 0.585. The molecular formula is C10H11FN4. The van der Waals surface area contributed by atoms with Crippen molar-refractivity contribution in [1.82, 2.24) is 15.2 Å². The van der Waals surface area contributed by atoms with Gasteiger partial charge in [0.25, 0.3) is 0 Å². The molecule has 0 spiro atoms. The number of nitrogens with one attached hydrogen (secondary N) is 2. The third kappa shape index (κ3) is 2.77. The lowest BCUT2D eigenvalue weighted by atomic mass is 10.2. The van der Waals surface area contributed by atoms with Crippen molar-refractivity contribution >= 4 is 5.82 Å². The second-order valence-corrected chi connectivity index (χ2v) is 3.13. The molecule has 0 saturated heterocycles. The van der Waals surface area contributed by atoms with E-state index < -0.39 is 5.95 Å². The number of H-pyrrole nitrogens is 1. The lowest BCUT2D eigenvalue weighted by Crippen LogP contribution is -2.06. The Bertz CT molecular complexity index is 413. The minimum atomic E-state index is -0.469. The van der Waals surface area contributed by atoms with Gasteiger partial charge in [-0.25, -0.2) is 4.98 Å². The molecule has 0 radical (unpaired) electrons. The highest BCUT2D eigenvalue weighted by molar-refractivity contribution is 5.33. The number of aromatic nitrogens is 3. The molecule has 4 nitrogen and oxygen atoms in total. The summed E-state index contributed by atoms with van der Waals surface area (Å²) in [5, 5.41) is 9.60. The molecule has 2 rings (SSSR count). The van der Waals surface area contributed by atoms with E-state index in [4.69, 9.17) is 0 Å². The first-order valence-electron chi connectivity index (χ1n) is 4.69. The van der Waals surface area contributed by atoms with Crippen LogP contribution in [-0.4, -0.2) is 21.7 Å². The zero-order valence-electron chi connectivity index (χ0n) is 8.07. The first-order valence-corrected chi connectivity index (χ1v) is 4.69. The molecule has 2 aromatic rings. The molecule has 0 unspecified atom stereocenters. The topological polar surface area (TPSA) is 53.6 Å². The summed E-state index contributed by atoms with van der Waals surface area (Å²) in [5.41, 5.74) is 1.11. The number of anilines is 1. The molecule has 0 aliphatic rings. The fraction of sp³-hybridized carbons (Fsp3) is 0.200. The number of hydrogen-bond acceptors (Lipinski definition) is 3. The highest BCUT2D eigenvalue weighted by atomic mass is 19.1. The van der Waals surface area contributed by atoms with Gasteiger partial charge in [0.2, 0.25) is 5.95 Å². The zero-order chi connectivity index (χ0) is 10.5. The minimum absolute atomic E-state index is 0.469. The molecule has 2 heterocycles. The predicted molar refractivity (Wildman–Crippen MR) is 55.0 cm³/mol. The smallest absolute Gasteiger partial charge is 0.214 e. The molecule has 0 aromatic carbocycles. The quantitative estimate of drug-likeness (QED) is 0.747. The van der Waals surface area contributed by atoms with Crippen molar-refractivity contribution < 1.29 is 4.39 Å². The molecule has 0 fully saturated rings. The number of nitrogens with zero attached hydrogens (tertiary/aromatic N) is 2. The van der Waals surface area contributed by atoms with Crippen molar-refractivity contribution in [1.29, 1.82) is 0 Å². The Morgan fingerprint density at radius 3 is 3.07 bits per heavy atom. The second kappa shape index (κ2) is 4.54. The van der Waals surface area contributed by atoms with Crippen molar-refractivity contribution in [2.45, 2.75) is 6.42 Å². The molecular weight excluding hydrogens is 195 g/mol. The summed E-state index contributed by atoms with van der Waals surface area (Å²) < 4.78 is 12.7. The summed E-state index contributed by atoms with van der Waals surface area (Å²) in [4.78, 5) is 3.69. The van der Waals surface area contributed by atoms with Crippen LogP contribution in [-0.2, 0) is 6.42 Å². The van der Waals surface area contributed by atoms with E-state index >= 15 is 0 Å². The molecule has 78 valence electrons. The molecule has 0 aliphatic heterocycles. The van der Waals surface area contributed by atoms with Crippen LogP contribution in [0.3, 0.4) is 0 Å². The summed E-state index contributed by atoms with van der Waals surface area (Å²) in [6.45, 7) is 0.704. The second-order valence-electron chi connectivity index (χ2n) is 3.13. The molecule has 2 aromatic heterocycles. The van der Waals surface area contributed by atoms with Crippen LogP contribution < -0.4 is 5.32 Å². The Kier molecular flexibility index (Phi) is 2.92. The summed E-state index contributed by atoms with van der Waals surface area (Å²) in [6, 6.07) is 4.68. The summed E-state index contributed by atoms with van der Waals surface area (Å²) in [7, 11) is 0. The number of halogens is 1. The first-order chi connectivity index (χ1) is 7.34. The Morgan fingerprint density at radius 1 is 1.40 bits per heavy atom. The number of aromatic amines is 1. The van der Waals surface area contributed by atoms with E-state index in [1.165, 1.54) is 6.07 Å². The van der Waals surface area contributed by atoms with E-state index in [0.717, 1.165) is 12.0 Å². The minimum Gasteiger partial charge on any atom is -0.370 e. The van der Waals surface area contributed by atoms with E-state index in [1.54, 1.807) is 18.3 Å². The van der Waals surface area contributed by atoms with Crippen molar-refractivity contribution in [3.05, 3.63) is 42.1 Å². The lowest BCUT2D eigenvalue weighted by Gasteiger charge is -2.03. The number of pyridine rings is 1. The molecule has 5 heteroatoms. The van der Waals surface area contributed by atoms with Gasteiger partial charge >= 0.3 is 0 Å². The zero-order valence-corrected chi connectivity index (χ0v) is 8.07. The SMILES string of the molecule is Fc1cccc(NCCc2cn[nH]c2)n1. The highest BCUT2D eigenvalue weighted by Gasteiger charge is 1.96. The van der Waals surface area contributed by atoms with Crippen molar-refractivity contribution in [2.75, 3.05) is 11.9 Å². The summed E-state index contributed by atoms with van der Waals surface area (Å²) in [6.07, 6.45) is 4.43. The van der Waals surface area contributed by atoms with Crippen LogP contribution in [0.5, 0.6) is 0 Å². The van der Waals surface area contributed by atoms with E-state index in [0.29, 0.717) is 12.4 Å². The van der Waals surface area contributed by atoms with Gasteiger partial charge in [0.05, 0.1) is 6.20 Å². The number of rotatable bonds is 4. The number of hydrogen-bond donors (Lipinski definition) is 2. The van der Waals surface area contributed by atoms with Crippen LogP contribution in [0.2, 0.25) is 0 Å². The fourth-order valence-corrected chi connectivity index (χ4v) is 1.26. The van der Waals surface area contributed by atoms with Gasteiger partial charge in [-0.15, -0.1) is 0 Å². The van der Waals surface area contributed by atoms with E-state index in [2.05, 4.69) is 20.5 Å². The monoisotopic (exact) mass is 206 g/mol. The highest BCUT2D eigenvalue weighted by Crippen LogP contribution is 2.03. The van der Waals surface area contributed by atoms with Gasteiger partial charge in [-0.2, -0.15) is 9.49 Å². The van der Waals surface area contributed by atoms with Gasteiger partial charge in [0.1, 0.15) is 5.82 Å². The largest absolute Gasteiger partial charge is 0.370 e. The maximum atomic E-state index is 12.7. The van der Waals surface area contributed by atoms with Crippen LogP contribution in [0, 0.1) is 5.95 Å². The maximum absolute atomic E-state index is 12.7. The Balaban J connectivity index is 1.83. The molecule has 0 aliphatic carbocycles. The molecule has 15 heavy (non-hydrogen) atoms. The van der Waals surface area contributed by atoms with Crippen LogP contribution in [0.4, 0.5) is 10.2 Å². The van der Waals surface area contributed by atoms with Crippen LogP contribution in [0.25, 0.3) is 0 Å². The van der Waals surface area contributed by atoms with E-state index in [9.17, 15) is 4.39 Å². The average molecular weight is 206 g/mol. The van der Waals surface area contributed by atoms with Crippen molar-refractivity contribution in [3.63, 3.8) is 0 Å².